The minimum atomic E-state index is 0.911. The molecule has 0 aromatic heterocycles. The number of hydrogen-bond donors (Lipinski definition) is 1. The van der Waals surface area contributed by atoms with Gasteiger partial charge < -0.3 is 5.43 Å². The van der Waals surface area contributed by atoms with Gasteiger partial charge in [-0.05, 0) is 0 Å². The summed E-state index contributed by atoms with van der Waals surface area (Å²) in [6.07, 6.45) is 2.53. The Kier molecular flexibility index (Phi) is 5.93. The Morgan fingerprint density at radius 2 is 2.45 bits per heavy atom. The molecule has 64 valence electrons. The van der Waals surface area contributed by atoms with E-state index in [4.69, 9.17) is 0 Å². The van der Waals surface area contributed by atoms with Crippen molar-refractivity contribution in [2.45, 2.75) is 6.42 Å². The Morgan fingerprint density at radius 1 is 1.82 bits per heavy atom. The van der Waals surface area contributed by atoms with Crippen molar-refractivity contribution in [2.75, 3.05) is 19.4 Å². The smallest absolute Gasteiger partial charge is 0.118 e. The number of amidine groups is 1. The van der Waals surface area contributed by atoms with Crippen molar-refractivity contribution in [3.8, 4) is 0 Å². The number of alkyl halides is 1. The lowest BCUT2D eigenvalue weighted by Crippen LogP contribution is -2.36. The number of halogens is 1. The molecule has 0 rings (SSSR count). The summed E-state index contributed by atoms with van der Waals surface area (Å²) in [6.45, 7) is 3.56. The van der Waals surface area contributed by atoms with E-state index in [1.54, 1.807) is 13.2 Å². The van der Waals surface area contributed by atoms with Gasteiger partial charge in [-0.15, -0.1) is 0 Å². The Hall–Kier alpha value is -0.510. The molecule has 0 unspecified atom stereocenters. The standard InChI is InChI=1S/C7H14BrN3/c1-4-10-11(3)7(9-2)5-6-8/h4,10H,1,5-6H2,2-3H3. The van der Waals surface area contributed by atoms with Crippen LogP contribution in [0.15, 0.2) is 17.8 Å². The van der Waals surface area contributed by atoms with Crippen molar-refractivity contribution < 1.29 is 0 Å². The van der Waals surface area contributed by atoms with Crippen LogP contribution in [0.1, 0.15) is 6.42 Å². The van der Waals surface area contributed by atoms with Crippen LogP contribution in [0.25, 0.3) is 0 Å². The Balaban J connectivity index is 3.92. The van der Waals surface area contributed by atoms with Crippen molar-refractivity contribution in [1.29, 1.82) is 0 Å². The summed E-state index contributed by atoms with van der Waals surface area (Å²) in [6, 6.07) is 0. The molecule has 0 atom stereocenters. The number of aliphatic imine (C=N–C) groups is 1. The van der Waals surface area contributed by atoms with Gasteiger partial charge in [0, 0.05) is 32.0 Å². The van der Waals surface area contributed by atoms with Gasteiger partial charge in [-0.25, -0.2) is 0 Å². The van der Waals surface area contributed by atoms with Crippen molar-refractivity contribution in [1.82, 2.24) is 10.4 Å². The minimum absolute atomic E-state index is 0.911. The monoisotopic (exact) mass is 219 g/mol. The van der Waals surface area contributed by atoms with Crippen LogP contribution < -0.4 is 5.43 Å². The number of hydrogen-bond acceptors (Lipinski definition) is 2. The van der Waals surface area contributed by atoms with Crippen LogP contribution in [-0.4, -0.2) is 30.3 Å². The summed E-state index contributed by atoms with van der Waals surface area (Å²) in [4.78, 5) is 4.10. The molecule has 0 bridgehead atoms. The second kappa shape index (κ2) is 6.22. The third-order valence-corrected chi connectivity index (χ3v) is 1.64. The Labute approximate surface area is 76.3 Å². The summed E-state index contributed by atoms with van der Waals surface area (Å²) in [5.74, 6) is 1.00. The summed E-state index contributed by atoms with van der Waals surface area (Å²) >= 11 is 3.35. The van der Waals surface area contributed by atoms with Crippen LogP contribution in [0.3, 0.4) is 0 Å². The minimum Gasteiger partial charge on any atom is -0.306 e. The molecule has 11 heavy (non-hydrogen) atoms. The van der Waals surface area contributed by atoms with Crippen molar-refractivity contribution in [3.63, 3.8) is 0 Å². The first-order chi connectivity index (χ1) is 5.26. The average molecular weight is 220 g/mol. The molecule has 1 N–H and O–H groups in total. The molecule has 0 radical (unpaired) electrons. The lowest BCUT2D eigenvalue weighted by atomic mass is 10.4. The number of rotatable bonds is 4. The van der Waals surface area contributed by atoms with Gasteiger partial charge in [0.1, 0.15) is 5.84 Å². The van der Waals surface area contributed by atoms with E-state index in [0.717, 1.165) is 17.6 Å². The highest BCUT2D eigenvalue weighted by Crippen LogP contribution is 1.94. The predicted molar refractivity (Wildman–Crippen MR) is 52.9 cm³/mol. The van der Waals surface area contributed by atoms with Gasteiger partial charge in [0.25, 0.3) is 0 Å². The highest BCUT2D eigenvalue weighted by atomic mass is 79.9. The summed E-state index contributed by atoms with van der Waals surface area (Å²) < 4.78 is 0. The third-order valence-electron chi connectivity index (χ3n) is 1.25. The normalized spacial score (nSPS) is 11.0. The van der Waals surface area contributed by atoms with E-state index in [2.05, 4.69) is 32.9 Å². The maximum absolute atomic E-state index is 4.10. The van der Waals surface area contributed by atoms with Gasteiger partial charge in [-0.2, -0.15) is 0 Å². The maximum Gasteiger partial charge on any atom is 0.118 e. The molecular weight excluding hydrogens is 206 g/mol. The topological polar surface area (TPSA) is 27.6 Å². The van der Waals surface area contributed by atoms with Gasteiger partial charge in [0.05, 0.1) is 0 Å². The Morgan fingerprint density at radius 3 is 2.82 bits per heavy atom. The highest BCUT2D eigenvalue weighted by molar-refractivity contribution is 9.09. The molecule has 0 amide bonds. The highest BCUT2D eigenvalue weighted by Gasteiger charge is 2.00. The van der Waals surface area contributed by atoms with Gasteiger partial charge in [0.2, 0.25) is 0 Å². The second-order valence-corrected chi connectivity index (χ2v) is 2.76. The third kappa shape index (κ3) is 4.03. The molecule has 0 aromatic rings. The van der Waals surface area contributed by atoms with Gasteiger partial charge in [-0.1, -0.05) is 22.5 Å². The van der Waals surface area contributed by atoms with Crippen LogP contribution in [0.2, 0.25) is 0 Å². The van der Waals surface area contributed by atoms with Crippen molar-refractivity contribution in [2.24, 2.45) is 4.99 Å². The van der Waals surface area contributed by atoms with E-state index >= 15 is 0 Å². The molecular formula is C7H14BrN3. The van der Waals surface area contributed by atoms with Crippen LogP contribution in [0.5, 0.6) is 0 Å². The average Bonchev–Trinajstić information content (AvgIpc) is 2.00. The molecule has 4 heteroatoms. The zero-order chi connectivity index (χ0) is 8.69. The largest absolute Gasteiger partial charge is 0.306 e. The summed E-state index contributed by atoms with van der Waals surface area (Å²) in [5.41, 5.74) is 2.93. The fourth-order valence-electron chi connectivity index (χ4n) is 0.725. The first-order valence-electron chi connectivity index (χ1n) is 3.38. The van der Waals surface area contributed by atoms with Gasteiger partial charge in [0.15, 0.2) is 0 Å². The number of nitrogens with zero attached hydrogens (tertiary/aromatic N) is 2. The fraction of sp³-hybridized carbons (Fsp3) is 0.571. The van der Waals surface area contributed by atoms with Crippen molar-refractivity contribution in [3.05, 3.63) is 12.8 Å². The van der Waals surface area contributed by atoms with Gasteiger partial charge in [-0.3, -0.25) is 10.0 Å². The lowest BCUT2D eigenvalue weighted by Gasteiger charge is -2.19. The maximum atomic E-state index is 4.10. The molecule has 0 aromatic carbocycles. The molecule has 0 saturated carbocycles. The van der Waals surface area contributed by atoms with Crippen molar-refractivity contribution >= 4 is 21.8 Å². The first kappa shape index (κ1) is 10.5. The molecule has 0 aliphatic heterocycles. The fourth-order valence-corrected chi connectivity index (χ4v) is 1.08. The zero-order valence-corrected chi connectivity index (χ0v) is 8.56. The number of nitrogens with one attached hydrogen (secondary N) is 1. The molecule has 0 aliphatic carbocycles. The second-order valence-electron chi connectivity index (χ2n) is 1.97. The van der Waals surface area contributed by atoms with E-state index in [1.807, 2.05) is 12.1 Å². The quantitative estimate of drug-likeness (QED) is 0.335. The first-order valence-corrected chi connectivity index (χ1v) is 4.50. The van der Waals surface area contributed by atoms with E-state index in [1.165, 1.54) is 0 Å². The van der Waals surface area contributed by atoms with E-state index < -0.39 is 0 Å². The number of hydrazine groups is 1. The lowest BCUT2D eigenvalue weighted by molar-refractivity contribution is 0.425. The van der Waals surface area contributed by atoms with Crippen LogP contribution in [0, 0.1) is 0 Å². The Bertz CT molecular complexity index is 145. The molecule has 0 heterocycles. The molecule has 0 spiro atoms. The van der Waals surface area contributed by atoms with E-state index in [0.29, 0.717) is 0 Å². The molecule has 0 fully saturated rings. The van der Waals surface area contributed by atoms with E-state index in [-0.39, 0.29) is 0 Å². The van der Waals surface area contributed by atoms with Crippen LogP contribution >= 0.6 is 15.9 Å². The predicted octanol–water partition coefficient (Wildman–Crippen LogP) is 1.38. The summed E-state index contributed by atoms with van der Waals surface area (Å²) in [7, 11) is 3.69. The van der Waals surface area contributed by atoms with E-state index in [9.17, 15) is 0 Å². The summed E-state index contributed by atoms with van der Waals surface area (Å²) in [5, 5.41) is 2.76. The van der Waals surface area contributed by atoms with Crippen LogP contribution in [0.4, 0.5) is 0 Å². The SMILES string of the molecule is C=CNN(C)C(CCBr)=NC. The molecule has 0 aliphatic rings. The molecule has 3 nitrogen and oxygen atoms in total. The molecule has 0 saturated heterocycles. The zero-order valence-electron chi connectivity index (χ0n) is 6.97. The van der Waals surface area contributed by atoms with Crippen LogP contribution in [-0.2, 0) is 0 Å². The van der Waals surface area contributed by atoms with Gasteiger partial charge >= 0.3 is 0 Å².